The maximum Gasteiger partial charge on any atom is 0.139 e. The van der Waals surface area contributed by atoms with Gasteiger partial charge in [0.1, 0.15) is 5.82 Å². The zero-order chi connectivity index (χ0) is 11.9. The average Bonchev–Trinajstić information content (AvgIpc) is 2.84. The Morgan fingerprint density at radius 1 is 1.06 bits per heavy atom. The highest BCUT2D eigenvalue weighted by Crippen LogP contribution is 2.17. The van der Waals surface area contributed by atoms with Gasteiger partial charge >= 0.3 is 0 Å². The van der Waals surface area contributed by atoms with Crippen molar-refractivity contribution in [3.05, 3.63) is 42.7 Å². The Balaban J connectivity index is 2.02. The monoisotopic (exact) mass is 292 g/mol. The second-order valence-electron chi connectivity index (χ2n) is 4.06. The van der Waals surface area contributed by atoms with E-state index >= 15 is 0 Å². The molecule has 0 saturated heterocycles. The van der Waals surface area contributed by atoms with E-state index in [4.69, 9.17) is 0 Å². The molecule has 0 amide bonds. The van der Waals surface area contributed by atoms with Crippen molar-refractivity contribution in [2.24, 2.45) is 0 Å². The Labute approximate surface area is 111 Å². The molecule has 0 N–H and O–H groups in total. The van der Waals surface area contributed by atoms with Crippen LogP contribution >= 0.6 is 15.9 Å². The first kappa shape index (κ1) is 12.4. The van der Waals surface area contributed by atoms with Crippen molar-refractivity contribution in [3.63, 3.8) is 0 Å². The number of unbranched alkanes of at least 4 members (excludes halogenated alkanes) is 2. The normalized spacial score (nSPS) is 10.6. The summed E-state index contributed by atoms with van der Waals surface area (Å²) < 4.78 is 2.24. The fraction of sp³-hybridized carbons (Fsp3) is 0.357. The SMILES string of the molecule is BrCCCCCn1ccnc1-c1ccccc1. The van der Waals surface area contributed by atoms with Crippen LogP contribution in [0.4, 0.5) is 0 Å². The molecule has 0 aliphatic rings. The van der Waals surface area contributed by atoms with E-state index in [0.29, 0.717) is 0 Å². The highest BCUT2D eigenvalue weighted by Gasteiger charge is 2.04. The molecule has 0 fully saturated rings. The smallest absolute Gasteiger partial charge is 0.139 e. The minimum atomic E-state index is 1.05. The summed E-state index contributed by atoms with van der Waals surface area (Å²) in [7, 11) is 0. The number of benzene rings is 1. The summed E-state index contributed by atoms with van der Waals surface area (Å²) in [6.07, 6.45) is 7.66. The number of imidazole rings is 1. The van der Waals surface area contributed by atoms with Crippen LogP contribution in [0.5, 0.6) is 0 Å². The van der Waals surface area contributed by atoms with Crippen LogP contribution in [-0.2, 0) is 6.54 Å². The number of nitrogens with zero attached hydrogens (tertiary/aromatic N) is 2. The van der Waals surface area contributed by atoms with Crippen LogP contribution in [0.15, 0.2) is 42.7 Å². The molecule has 2 nitrogen and oxygen atoms in total. The van der Waals surface area contributed by atoms with Gasteiger partial charge in [0.15, 0.2) is 0 Å². The van der Waals surface area contributed by atoms with Crippen LogP contribution in [0.2, 0.25) is 0 Å². The molecular weight excluding hydrogens is 276 g/mol. The van der Waals surface area contributed by atoms with Crippen molar-refractivity contribution in [2.45, 2.75) is 25.8 Å². The first-order valence-electron chi connectivity index (χ1n) is 6.04. The molecule has 0 bridgehead atoms. The van der Waals surface area contributed by atoms with Gasteiger partial charge in [0.2, 0.25) is 0 Å². The summed E-state index contributed by atoms with van der Waals surface area (Å²) >= 11 is 3.46. The van der Waals surface area contributed by atoms with Gasteiger partial charge < -0.3 is 4.57 Å². The summed E-state index contributed by atoms with van der Waals surface area (Å²) in [6.45, 7) is 1.05. The minimum absolute atomic E-state index is 1.05. The van der Waals surface area contributed by atoms with Gasteiger partial charge in [0.05, 0.1) is 0 Å². The van der Waals surface area contributed by atoms with Gasteiger partial charge in [0, 0.05) is 29.8 Å². The summed E-state index contributed by atoms with van der Waals surface area (Å²) in [4.78, 5) is 4.44. The minimum Gasteiger partial charge on any atom is -0.331 e. The summed E-state index contributed by atoms with van der Waals surface area (Å²) in [5, 5.41) is 1.10. The molecule has 0 aliphatic carbocycles. The van der Waals surface area contributed by atoms with E-state index in [9.17, 15) is 0 Å². The third-order valence-electron chi connectivity index (χ3n) is 2.78. The zero-order valence-electron chi connectivity index (χ0n) is 9.85. The molecule has 0 radical (unpaired) electrons. The van der Waals surface area contributed by atoms with Crippen LogP contribution in [-0.4, -0.2) is 14.9 Å². The lowest BCUT2D eigenvalue weighted by atomic mass is 10.2. The fourth-order valence-electron chi connectivity index (χ4n) is 1.89. The molecule has 1 aromatic carbocycles. The molecule has 0 atom stereocenters. The molecule has 2 rings (SSSR count). The van der Waals surface area contributed by atoms with Gasteiger partial charge in [-0.25, -0.2) is 4.98 Å². The zero-order valence-corrected chi connectivity index (χ0v) is 11.4. The second-order valence-corrected chi connectivity index (χ2v) is 4.85. The Hall–Kier alpha value is -1.09. The summed E-state index contributed by atoms with van der Waals surface area (Å²) in [5.41, 5.74) is 1.19. The second kappa shape index (κ2) is 6.60. The van der Waals surface area contributed by atoms with E-state index in [-0.39, 0.29) is 0 Å². The highest BCUT2D eigenvalue weighted by molar-refractivity contribution is 9.09. The number of alkyl halides is 1. The van der Waals surface area contributed by atoms with Gasteiger partial charge in [-0.1, -0.05) is 52.7 Å². The quantitative estimate of drug-likeness (QED) is 0.579. The lowest BCUT2D eigenvalue weighted by molar-refractivity contribution is 0.609. The molecule has 0 saturated carbocycles. The lowest BCUT2D eigenvalue weighted by Crippen LogP contribution is -1.99. The Morgan fingerprint density at radius 2 is 1.88 bits per heavy atom. The molecule has 17 heavy (non-hydrogen) atoms. The molecular formula is C14H17BrN2. The van der Waals surface area contributed by atoms with Gasteiger partial charge in [-0.05, 0) is 12.8 Å². The molecule has 3 heteroatoms. The third kappa shape index (κ3) is 3.43. The molecule has 1 heterocycles. The van der Waals surface area contributed by atoms with Crippen molar-refractivity contribution in [1.29, 1.82) is 0 Å². The predicted molar refractivity (Wildman–Crippen MR) is 75.3 cm³/mol. The maximum absolute atomic E-state index is 4.44. The average molecular weight is 293 g/mol. The van der Waals surface area contributed by atoms with E-state index in [1.165, 1.54) is 24.8 Å². The third-order valence-corrected chi connectivity index (χ3v) is 3.34. The first-order chi connectivity index (χ1) is 8.42. The fourth-order valence-corrected chi connectivity index (χ4v) is 2.29. The molecule has 2 aromatic rings. The molecule has 0 unspecified atom stereocenters. The van der Waals surface area contributed by atoms with Crippen molar-refractivity contribution < 1.29 is 0 Å². The number of rotatable bonds is 6. The number of hydrogen-bond acceptors (Lipinski definition) is 1. The van der Waals surface area contributed by atoms with Crippen molar-refractivity contribution in [1.82, 2.24) is 9.55 Å². The van der Waals surface area contributed by atoms with Crippen molar-refractivity contribution in [3.8, 4) is 11.4 Å². The largest absolute Gasteiger partial charge is 0.331 e. The van der Waals surface area contributed by atoms with E-state index < -0.39 is 0 Å². The number of halogens is 1. The van der Waals surface area contributed by atoms with E-state index in [1.54, 1.807) is 0 Å². The van der Waals surface area contributed by atoms with E-state index in [0.717, 1.165) is 17.7 Å². The van der Waals surface area contributed by atoms with Crippen molar-refractivity contribution >= 4 is 15.9 Å². The van der Waals surface area contributed by atoms with E-state index in [1.807, 2.05) is 12.3 Å². The van der Waals surface area contributed by atoms with Gasteiger partial charge in [-0.3, -0.25) is 0 Å². The molecule has 1 aromatic heterocycles. The highest BCUT2D eigenvalue weighted by atomic mass is 79.9. The Kier molecular flexibility index (Phi) is 4.80. The van der Waals surface area contributed by atoms with Crippen LogP contribution in [0.25, 0.3) is 11.4 Å². The van der Waals surface area contributed by atoms with Crippen molar-refractivity contribution in [2.75, 3.05) is 5.33 Å². The number of hydrogen-bond donors (Lipinski definition) is 0. The Bertz CT molecular complexity index is 436. The number of aryl methyl sites for hydroxylation is 1. The summed E-state index contributed by atoms with van der Waals surface area (Å²) in [5.74, 6) is 1.07. The number of aromatic nitrogens is 2. The first-order valence-corrected chi connectivity index (χ1v) is 7.16. The van der Waals surface area contributed by atoms with Gasteiger partial charge in [0.25, 0.3) is 0 Å². The van der Waals surface area contributed by atoms with Crippen LogP contribution in [0.1, 0.15) is 19.3 Å². The van der Waals surface area contributed by atoms with Crippen LogP contribution in [0, 0.1) is 0 Å². The molecule has 90 valence electrons. The molecule has 0 aliphatic heterocycles. The van der Waals surface area contributed by atoms with Crippen LogP contribution < -0.4 is 0 Å². The van der Waals surface area contributed by atoms with E-state index in [2.05, 4.69) is 55.9 Å². The topological polar surface area (TPSA) is 17.8 Å². The maximum atomic E-state index is 4.44. The van der Waals surface area contributed by atoms with Crippen LogP contribution in [0.3, 0.4) is 0 Å². The summed E-state index contributed by atoms with van der Waals surface area (Å²) in [6, 6.07) is 10.4. The lowest BCUT2D eigenvalue weighted by Gasteiger charge is -2.07. The Morgan fingerprint density at radius 3 is 2.65 bits per heavy atom. The van der Waals surface area contributed by atoms with Gasteiger partial charge in [-0.15, -0.1) is 0 Å². The van der Waals surface area contributed by atoms with Gasteiger partial charge in [-0.2, -0.15) is 0 Å². The molecule has 0 spiro atoms. The predicted octanol–water partition coefficient (Wildman–Crippen LogP) is 4.12. The standard InChI is InChI=1S/C14H17BrN2/c15-9-5-2-6-11-17-12-10-16-14(17)13-7-3-1-4-8-13/h1,3-4,7-8,10,12H,2,5-6,9,11H2.